The lowest BCUT2D eigenvalue weighted by Gasteiger charge is -2.46. The van der Waals surface area contributed by atoms with E-state index in [4.69, 9.17) is 6.57 Å². The van der Waals surface area contributed by atoms with Gasteiger partial charge in [-0.2, -0.15) is 5.26 Å². The smallest absolute Gasteiger partial charge is 0.248 e. The van der Waals surface area contributed by atoms with E-state index in [1.807, 2.05) is 18.2 Å². The molecule has 2 heterocycles. The minimum atomic E-state index is -0.0988. The molecule has 0 fully saturated rings. The van der Waals surface area contributed by atoms with Gasteiger partial charge in [-0.3, -0.25) is 0 Å². The minimum Gasteiger partial charge on any atom is -0.307 e. The molecule has 5 heteroatoms. The van der Waals surface area contributed by atoms with Crippen LogP contribution in [0, 0.1) is 38.7 Å². The Bertz CT molecular complexity index is 2570. The monoisotopic (exact) mass is 612 g/mol. The SMILES string of the molecule is [C-]#[N+]c1ccc(N2c3cc4ccccc4cc3N3c4ccc(C#N)cc4B(c4c(C)cc(C)cc4C)c4c3c2cc2ccccc42)cc1. The second-order valence-corrected chi connectivity index (χ2v) is 13.0. The van der Waals surface area contributed by atoms with Gasteiger partial charge < -0.3 is 9.80 Å². The normalized spacial score (nSPS) is 12.7. The summed E-state index contributed by atoms with van der Waals surface area (Å²) in [5.74, 6) is 0. The van der Waals surface area contributed by atoms with Gasteiger partial charge in [0.15, 0.2) is 5.69 Å². The highest BCUT2D eigenvalue weighted by Gasteiger charge is 2.43. The van der Waals surface area contributed by atoms with Gasteiger partial charge in [0, 0.05) is 11.4 Å². The second-order valence-electron chi connectivity index (χ2n) is 13.0. The van der Waals surface area contributed by atoms with Gasteiger partial charge >= 0.3 is 0 Å². The number of hydrogen-bond acceptors (Lipinski definition) is 3. The zero-order chi connectivity index (χ0) is 32.7. The predicted molar refractivity (Wildman–Crippen MR) is 201 cm³/mol. The molecule has 0 unspecified atom stereocenters. The molecule has 7 aromatic carbocycles. The van der Waals surface area contributed by atoms with Crippen LogP contribution in [0.15, 0.2) is 121 Å². The van der Waals surface area contributed by atoms with Crippen molar-refractivity contribution in [1.29, 1.82) is 5.26 Å². The fourth-order valence-electron chi connectivity index (χ4n) is 8.24. The summed E-state index contributed by atoms with van der Waals surface area (Å²) in [5.41, 5.74) is 15.1. The quantitative estimate of drug-likeness (QED) is 0.144. The van der Waals surface area contributed by atoms with Gasteiger partial charge in [-0.1, -0.05) is 94.9 Å². The summed E-state index contributed by atoms with van der Waals surface area (Å²) in [6, 6.07) is 45.3. The highest BCUT2D eigenvalue weighted by atomic mass is 15.3. The number of anilines is 6. The van der Waals surface area contributed by atoms with E-state index < -0.39 is 0 Å². The van der Waals surface area contributed by atoms with Gasteiger partial charge in [0.2, 0.25) is 6.71 Å². The average Bonchev–Trinajstić information content (AvgIpc) is 3.10. The molecule has 224 valence electrons. The lowest BCUT2D eigenvalue weighted by molar-refractivity contribution is 1.18. The summed E-state index contributed by atoms with van der Waals surface area (Å²) in [6.45, 7) is 14.1. The van der Waals surface area contributed by atoms with Crippen molar-refractivity contribution >= 4 is 84.5 Å². The number of nitriles is 1. The highest BCUT2D eigenvalue weighted by Crippen LogP contribution is 2.56. The van der Waals surface area contributed by atoms with Crippen molar-refractivity contribution in [2.24, 2.45) is 0 Å². The molecule has 0 aromatic heterocycles. The number of aryl methyl sites for hydroxylation is 3. The Labute approximate surface area is 280 Å². The third-order valence-corrected chi connectivity index (χ3v) is 10.1. The van der Waals surface area contributed by atoms with E-state index in [0.29, 0.717) is 11.3 Å². The number of fused-ring (bicyclic) bond motifs is 7. The summed E-state index contributed by atoms with van der Waals surface area (Å²) in [7, 11) is 0. The number of rotatable bonds is 2. The molecule has 0 N–H and O–H groups in total. The Kier molecular flexibility index (Phi) is 6.04. The largest absolute Gasteiger partial charge is 0.307 e. The molecule has 48 heavy (non-hydrogen) atoms. The van der Waals surface area contributed by atoms with Gasteiger partial charge in [-0.25, -0.2) is 4.85 Å². The third-order valence-electron chi connectivity index (χ3n) is 10.1. The first kappa shape index (κ1) is 28.0. The van der Waals surface area contributed by atoms with Crippen molar-refractivity contribution in [2.45, 2.75) is 20.8 Å². The lowest BCUT2D eigenvalue weighted by Crippen LogP contribution is -2.59. The van der Waals surface area contributed by atoms with Crippen molar-refractivity contribution in [3.63, 3.8) is 0 Å². The maximum atomic E-state index is 10.2. The molecular formula is C43H29BN4. The Balaban J connectivity index is 1.48. The first-order valence-electron chi connectivity index (χ1n) is 16.2. The molecule has 9 rings (SSSR count). The van der Waals surface area contributed by atoms with Crippen LogP contribution in [0.4, 0.5) is 39.8 Å². The fourth-order valence-corrected chi connectivity index (χ4v) is 8.24. The van der Waals surface area contributed by atoms with E-state index in [9.17, 15) is 5.26 Å². The first-order chi connectivity index (χ1) is 23.4. The molecule has 4 nitrogen and oxygen atoms in total. The summed E-state index contributed by atoms with van der Waals surface area (Å²) in [6.07, 6.45) is 0. The minimum absolute atomic E-state index is 0.0988. The van der Waals surface area contributed by atoms with Crippen LogP contribution in [0.25, 0.3) is 26.4 Å². The maximum absolute atomic E-state index is 10.2. The summed E-state index contributed by atoms with van der Waals surface area (Å²) in [5, 5.41) is 14.8. The third kappa shape index (κ3) is 3.95. The van der Waals surface area contributed by atoms with Crippen LogP contribution in [0.3, 0.4) is 0 Å². The first-order valence-corrected chi connectivity index (χ1v) is 16.2. The Morgan fingerprint density at radius 3 is 1.92 bits per heavy atom. The molecule has 0 bridgehead atoms. The van der Waals surface area contributed by atoms with E-state index in [1.165, 1.54) is 33.0 Å². The molecule has 2 aliphatic rings. The van der Waals surface area contributed by atoms with E-state index in [1.54, 1.807) is 0 Å². The van der Waals surface area contributed by atoms with Crippen molar-refractivity contribution in [3.8, 4) is 6.07 Å². The standard InChI is InChI=1S/C43H29BN4/c1-26-19-27(2)41(28(3)20-26)44-36-21-29(25-45)13-18-37(36)48-39-23-31-10-6-5-9-30(31)22-38(39)47(34-16-14-33(46-4)15-17-34)40-24-32-11-7-8-12-35(32)42(44)43(40)48/h5-24H,1-3H3. The average molecular weight is 613 g/mol. The zero-order valence-electron chi connectivity index (χ0n) is 26.9. The van der Waals surface area contributed by atoms with E-state index >= 15 is 0 Å². The van der Waals surface area contributed by atoms with Crippen molar-refractivity contribution < 1.29 is 0 Å². The summed E-state index contributed by atoms with van der Waals surface area (Å²) in [4.78, 5) is 8.49. The number of hydrogen-bond donors (Lipinski definition) is 0. The van der Waals surface area contributed by atoms with Crippen molar-refractivity contribution in [3.05, 3.63) is 155 Å². The van der Waals surface area contributed by atoms with Crippen LogP contribution in [-0.4, -0.2) is 6.71 Å². The van der Waals surface area contributed by atoms with Crippen LogP contribution in [0.5, 0.6) is 0 Å². The molecular weight excluding hydrogens is 583 g/mol. The van der Waals surface area contributed by atoms with Crippen LogP contribution < -0.4 is 26.2 Å². The zero-order valence-corrected chi connectivity index (χ0v) is 26.9. The van der Waals surface area contributed by atoms with Crippen LogP contribution >= 0.6 is 0 Å². The van der Waals surface area contributed by atoms with Gasteiger partial charge in [-0.05, 0) is 102 Å². The molecule has 0 radical (unpaired) electrons. The second kappa shape index (κ2) is 10.4. The Morgan fingerprint density at radius 1 is 0.625 bits per heavy atom. The van der Waals surface area contributed by atoms with Crippen molar-refractivity contribution in [2.75, 3.05) is 9.80 Å². The number of nitrogens with zero attached hydrogens (tertiary/aromatic N) is 4. The molecule has 2 aliphatic heterocycles. The molecule has 7 aromatic rings. The summed E-state index contributed by atoms with van der Waals surface area (Å²) >= 11 is 0. The van der Waals surface area contributed by atoms with Gasteiger partial charge in [0.05, 0.1) is 41.0 Å². The van der Waals surface area contributed by atoms with Gasteiger partial charge in [-0.15, -0.1) is 0 Å². The van der Waals surface area contributed by atoms with E-state index in [2.05, 4.69) is 145 Å². The highest BCUT2D eigenvalue weighted by molar-refractivity contribution is 7.00. The maximum Gasteiger partial charge on any atom is 0.248 e. The molecule has 0 saturated carbocycles. The molecule has 0 aliphatic carbocycles. The fraction of sp³-hybridized carbons (Fsp3) is 0.0698. The Hall–Kier alpha value is -6.30. The number of benzene rings is 7. The summed E-state index contributed by atoms with van der Waals surface area (Å²) < 4.78 is 0. The van der Waals surface area contributed by atoms with Crippen molar-refractivity contribution in [1.82, 2.24) is 0 Å². The van der Waals surface area contributed by atoms with E-state index in [-0.39, 0.29) is 6.71 Å². The van der Waals surface area contributed by atoms with Gasteiger partial charge in [0.25, 0.3) is 0 Å². The molecule has 0 saturated heterocycles. The topological polar surface area (TPSA) is 34.6 Å². The molecule has 0 amide bonds. The van der Waals surface area contributed by atoms with Crippen LogP contribution in [-0.2, 0) is 0 Å². The van der Waals surface area contributed by atoms with Crippen LogP contribution in [0.1, 0.15) is 22.3 Å². The predicted octanol–water partition coefficient (Wildman–Crippen LogP) is 9.42. The van der Waals surface area contributed by atoms with E-state index in [0.717, 1.165) is 55.7 Å². The lowest BCUT2D eigenvalue weighted by atomic mass is 9.33. The Morgan fingerprint density at radius 2 is 1.25 bits per heavy atom. The molecule has 0 spiro atoms. The molecule has 0 atom stereocenters. The van der Waals surface area contributed by atoms with Gasteiger partial charge in [0.1, 0.15) is 0 Å². The van der Waals surface area contributed by atoms with Crippen LogP contribution in [0.2, 0.25) is 0 Å².